The lowest BCUT2D eigenvalue weighted by Gasteiger charge is -2.17. The second kappa shape index (κ2) is 4.87. The second-order valence-electron chi connectivity index (χ2n) is 4.07. The van der Waals surface area contributed by atoms with Crippen molar-refractivity contribution >= 4 is 0 Å². The maximum absolute atomic E-state index is 9.00. The second-order valence-corrected chi connectivity index (χ2v) is 4.07. The van der Waals surface area contributed by atoms with E-state index in [9.17, 15) is 0 Å². The molecule has 0 saturated carbocycles. The Kier molecular flexibility index (Phi) is 4.48. The average molecular weight is 177 g/mol. The first-order valence-corrected chi connectivity index (χ1v) is 4.66. The molecular weight excluding hydrogens is 158 g/mol. The highest BCUT2D eigenvalue weighted by Crippen LogP contribution is 2.26. The third-order valence-corrected chi connectivity index (χ3v) is 2.28. The minimum atomic E-state index is -0.379. The zero-order valence-corrected chi connectivity index (χ0v) is 9.09. The maximum atomic E-state index is 9.00. The molecule has 0 N–H and O–H groups in total. The van der Waals surface area contributed by atoms with E-state index in [1.54, 1.807) is 6.08 Å². The van der Waals surface area contributed by atoms with Crippen LogP contribution in [0, 0.1) is 22.7 Å². The first-order valence-electron chi connectivity index (χ1n) is 4.66. The summed E-state index contributed by atoms with van der Waals surface area (Å²) >= 11 is 0. The van der Waals surface area contributed by atoms with Crippen molar-refractivity contribution in [2.24, 2.45) is 11.3 Å². The van der Waals surface area contributed by atoms with Gasteiger partial charge in [-0.2, -0.15) is 5.26 Å². The van der Waals surface area contributed by atoms with E-state index in [1.807, 2.05) is 6.92 Å². The van der Waals surface area contributed by atoms with E-state index in [2.05, 4.69) is 39.5 Å². The lowest BCUT2D eigenvalue weighted by Crippen LogP contribution is -2.10. The number of hydrogen-bond acceptors (Lipinski definition) is 1. The van der Waals surface area contributed by atoms with Crippen LogP contribution >= 0.6 is 0 Å². The summed E-state index contributed by atoms with van der Waals surface area (Å²) in [5, 5.41) is 9.00. The highest BCUT2D eigenvalue weighted by molar-refractivity contribution is 5.17. The van der Waals surface area contributed by atoms with E-state index < -0.39 is 0 Å². The van der Waals surface area contributed by atoms with Gasteiger partial charge in [0.1, 0.15) is 0 Å². The van der Waals surface area contributed by atoms with Crippen LogP contribution in [-0.2, 0) is 0 Å². The third kappa shape index (κ3) is 3.94. The summed E-state index contributed by atoms with van der Waals surface area (Å²) in [6.45, 7) is 12.0. The zero-order chi connectivity index (χ0) is 10.5. The van der Waals surface area contributed by atoms with Gasteiger partial charge < -0.3 is 0 Å². The van der Waals surface area contributed by atoms with Crippen LogP contribution in [0.4, 0.5) is 0 Å². The molecule has 1 unspecified atom stereocenters. The highest BCUT2D eigenvalue weighted by atomic mass is 14.3. The number of allylic oxidation sites excluding steroid dienone is 3. The quantitative estimate of drug-likeness (QED) is 0.601. The van der Waals surface area contributed by atoms with Crippen LogP contribution in [0.1, 0.15) is 34.1 Å². The fourth-order valence-electron chi connectivity index (χ4n) is 1.11. The van der Waals surface area contributed by atoms with Crippen molar-refractivity contribution in [3.8, 4) is 6.07 Å². The molecule has 0 aromatic heterocycles. The van der Waals surface area contributed by atoms with Crippen LogP contribution in [0.25, 0.3) is 0 Å². The molecule has 0 bridgehead atoms. The van der Waals surface area contributed by atoms with Gasteiger partial charge in [-0.15, -0.1) is 6.58 Å². The zero-order valence-electron chi connectivity index (χ0n) is 9.09. The molecule has 0 rings (SSSR count). The van der Waals surface area contributed by atoms with Gasteiger partial charge in [-0.25, -0.2) is 0 Å². The molecule has 0 aromatic rings. The standard InChI is InChI=1S/C12H19N/c1-6-7-12(5,9-13)8-11(4)10(2)3/h6,8,10H,1,7H2,2-5H3. The Morgan fingerprint density at radius 3 is 2.46 bits per heavy atom. The monoisotopic (exact) mass is 177 g/mol. The fraction of sp³-hybridized carbons (Fsp3) is 0.583. The van der Waals surface area contributed by atoms with Crippen LogP contribution in [0.15, 0.2) is 24.3 Å². The molecular formula is C12H19N. The third-order valence-electron chi connectivity index (χ3n) is 2.28. The lowest BCUT2D eigenvalue weighted by atomic mass is 9.85. The molecule has 0 radical (unpaired) electrons. The first-order chi connectivity index (χ1) is 5.95. The molecule has 0 fully saturated rings. The Balaban J connectivity index is 4.71. The van der Waals surface area contributed by atoms with Crippen molar-refractivity contribution < 1.29 is 0 Å². The summed E-state index contributed by atoms with van der Waals surface area (Å²) in [6.07, 6.45) is 4.57. The van der Waals surface area contributed by atoms with Crippen LogP contribution in [0.5, 0.6) is 0 Å². The largest absolute Gasteiger partial charge is 0.197 e. The first kappa shape index (κ1) is 12.0. The molecule has 0 saturated heterocycles. The smallest absolute Gasteiger partial charge is 0.0762 e. The number of hydrogen-bond donors (Lipinski definition) is 0. The predicted octanol–water partition coefficient (Wildman–Crippen LogP) is 3.69. The van der Waals surface area contributed by atoms with Gasteiger partial charge in [-0.3, -0.25) is 0 Å². The van der Waals surface area contributed by atoms with Crippen LogP contribution in [-0.4, -0.2) is 0 Å². The Morgan fingerprint density at radius 1 is 1.62 bits per heavy atom. The molecule has 1 heteroatoms. The van der Waals surface area contributed by atoms with Gasteiger partial charge in [0.2, 0.25) is 0 Å². The molecule has 72 valence electrons. The van der Waals surface area contributed by atoms with E-state index in [-0.39, 0.29) is 5.41 Å². The van der Waals surface area contributed by atoms with Crippen molar-refractivity contribution in [3.63, 3.8) is 0 Å². The molecule has 13 heavy (non-hydrogen) atoms. The van der Waals surface area contributed by atoms with Gasteiger partial charge in [0.15, 0.2) is 0 Å². The normalized spacial score (nSPS) is 16.5. The molecule has 1 nitrogen and oxygen atoms in total. The SMILES string of the molecule is C=CCC(C)(C#N)C=C(C)C(C)C. The van der Waals surface area contributed by atoms with E-state index in [0.717, 1.165) is 0 Å². The van der Waals surface area contributed by atoms with Gasteiger partial charge >= 0.3 is 0 Å². The minimum absolute atomic E-state index is 0.379. The van der Waals surface area contributed by atoms with E-state index >= 15 is 0 Å². The number of rotatable bonds is 4. The molecule has 0 spiro atoms. The molecule has 0 aromatic carbocycles. The molecule has 1 atom stereocenters. The molecule has 0 heterocycles. The van der Waals surface area contributed by atoms with Gasteiger partial charge in [-0.05, 0) is 26.2 Å². The summed E-state index contributed by atoms with van der Waals surface area (Å²) in [7, 11) is 0. The summed E-state index contributed by atoms with van der Waals surface area (Å²) in [4.78, 5) is 0. The van der Waals surface area contributed by atoms with Crippen molar-refractivity contribution in [1.29, 1.82) is 5.26 Å². The van der Waals surface area contributed by atoms with Gasteiger partial charge in [0.25, 0.3) is 0 Å². The summed E-state index contributed by atoms with van der Waals surface area (Å²) < 4.78 is 0. The minimum Gasteiger partial charge on any atom is -0.197 e. The topological polar surface area (TPSA) is 23.8 Å². The van der Waals surface area contributed by atoms with Gasteiger partial charge in [0, 0.05) is 0 Å². The summed E-state index contributed by atoms with van der Waals surface area (Å²) in [5.41, 5.74) is 0.890. The van der Waals surface area contributed by atoms with E-state index in [4.69, 9.17) is 5.26 Å². The molecule has 0 amide bonds. The van der Waals surface area contributed by atoms with Crippen molar-refractivity contribution in [2.75, 3.05) is 0 Å². The van der Waals surface area contributed by atoms with Gasteiger partial charge in [0.05, 0.1) is 11.5 Å². The number of nitrogens with zero attached hydrogens (tertiary/aromatic N) is 1. The van der Waals surface area contributed by atoms with Crippen LogP contribution < -0.4 is 0 Å². The van der Waals surface area contributed by atoms with Crippen molar-refractivity contribution in [2.45, 2.75) is 34.1 Å². The molecule has 0 aliphatic carbocycles. The maximum Gasteiger partial charge on any atom is 0.0762 e. The van der Waals surface area contributed by atoms with Crippen molar-refractivity contribution in [1.82, 2.24) is 0 Å². The Labute approximate surface area is 81.8 Å². The van der Waals surface area contributed by atoms with Gasteiger partial charge in [-0.1, -0.05) is 31.6 Å². The number of nitriles is 1. The van der Waals surface area contributed by atoms with Crippen molar-refractivity contribution in [3.05, 3.63) is 24.3 Å². The fourth-order valence-corrected chi connectivity index (χ4v) is 1.11. The van der Waals surface area contributed by atoms with E-state index in [0.29, 0.717) is 12.3 Å². The summed E-state index contributed by atoms with van der Waals surface area (Å²) in [5.74, 6) is 0.512. The molecule has 0 aliphatic heterocycles. The average Bonchev–Trinajstić information content (AvgIpc) is 2.04. The Hall–Kier alpha value is -1.03. The Morgan fingerprint density at radius 2 is 2.15 bits per heavy atom. The predicted molar refractivity (Wildman–Crippen MR) is 57.1 cm³/mol. The Bertz CT molecular complexity index is 242. The van der Waals surface area contributed by atoms with E-state index in [1.165, 1.54) is 5.57 Å². The molecule has 0 aliphatic rings. The van der Waals surface area contributed by atoms with Crippen LogP contribution in [0.3, 0.4) is 0 Å². The highest BCUT2D eigenvalue weighted by Gasteiger charge is 2.19. The summed E-state index contributed by atoms with van der Waals surface area (Å²) in [6, 6.07) is 2.32. The lowest BCUT2D eigenvalue weighted by molar-refractivity contribution is 0.564. The van der Waals surface area contributed by atoms with Crippen LogP contribution in [0.2, 0.25) is 0 Å².